The minimum absolute atomic E-state index is 0.436. The molecule has 0 atom stereocenters. The predicted octanol–water partition coefficient (Wildman–Crippen LogP) is 2.64. The van der Waals surface area contributed by atoms with Crippen molar-refractivity contribution >= 4 is 31.8 Å². The quantitative estimate of drug-likeness (QED) is 0.751. The van der Waals surface area contributed by atoms with E-state index in [-0.39, 0.29) is 0 Å². The zero-order chi connectivity index (χ0) is 18.3. The van der Waals surface area contributed by atoms with Gasteiger partial charge in [-0.25, -0.2) is 0 Å². The summed E-state index contributed by atoms with van der Waals surface area (Å²) in [5, 5.41) is 0. The van der Waals surface area contributed by atoms with E-state index in [1.54, 1.807) is 0 Å². The molecule has 0 aromatic heterocycles. The Kier molecular flexibility index (Phi) is 4.78. The largest absolute Gasteiger partial charge is 0.517 e. The van der Waals surface area contributed by atoms with Crippen LogP contribution in [0, 0.1) is 6.58 Å². The SMILES string of the molecule is [CH]=Cc1ccccc1N(S(=O)(=O)C(F)(F)F)S(=O)(=O)C(F)(F)F. The Hall–Kier alpha value is -1.76. The summed E-state index contributed by atoms with van der Waals surface area (Å²) in [5.74, 6) is 0. The number of nitrogens with zero attached hydrogens (tertiary/aromatic N) is 1. The van der Waals surface area contributed by atoms with Crippen molar-refractivity contribution in [2.75, 3.05) is 3.71 Å². The van der Waals surface area contributed by atoms with E-state index in [1.807, 2.05) is 0 Å². The standard InChI is InChI=1S/C10H6F6NO4S2/c1-2-7-5-3-4-6-8(7)17(22(18,19)9(11,12)13)23(20,21)10(14,15)16/h1-6H. The number of hydrogen-bond donors (Lipinski definition) is 0. The van der Waals surface area contributed by atoms with Crippen LogP contribution in [0.15, 0.2) is 24.3 Å². The van der Waals surface area contributed by atoms with Crippen molar-refractivity contribution in [2.45, 2.75) is 11.0 Å². The number of halogens is 6. The molecule has 13 heteroatoms. The molecular formula is C10H6F6NO4S2. The summed E-state index contributed by atoms with van der Waals surface area (Å²) in [7, 11) is -13.8. The fourth-order valence-corrected chi connectivity index (χ4v) is 4.14. The lowest BCUT2D eigenvalue weighted by molar-refractivity contribution is -0.0462. The first-order chi connectivity index (χ1) is 10.2. The fourth-order valence-electron chi connectivity index (χ4n) is 1.37. The van der Waals surface area contributed by atoms with Crippen LogP contribution in [-0.2, 0) is 20.0 Å². The van der Waals surface area contributed by atoms with Crippen molar-refractivity contribution in [3.05, 3.63) is 36.4 Å². The van der Waals surface area contributed by atoms with Crippen molar-refractivity contribution in [2.24, 2.45) is 0 Å². The molecule has 0 bridgehead atoms. The third kappa shape index (κ3) is 3.29. The molecule has 1 aromatic carbocycles. The van der Waals surface area contributed by atoms with Crippen LogP contribution in [0.3, 0.4) is 0 Å². The average Bonchev–Trinajstić information content (AvgIpc) is 2.36. The average molecular weight is 382 g/mol. The monoisotopic (exact) mass is 382 g/mol. The van der Waals surface area contributed by atoms with Crippen LogP contribution < -0.4 is 3.71 Å². The summed E-state index contributed by atoms with van der Waals surface area (Å²) >= 11 is 0. The zero-order valence-electron chi connectivity index (χ0n) is 10.6. The highest BCUT2D eigenvalue weighted by Gasteiger charge is 2.62. The zero-order valence-corrected chi connectivity index (χ0v) is 12.3. The molecule has 0 spiro atoms. The van der Waals surface area contributed by atoms with E-state index in [4.69, 9.17) is 6.58 Å². The molecule has 0 aliphatic rings. The van der Waals surface area contributed by atoms with Crippen molar-refractivity contribution in [1.29, 1.82) is 0 Å². The van der Waals surface area contributed by atoms with E-state index < -0.39 is 46.0 Å². The van der Waals surface area contributed by atoms with Crippen LogP contribution in [0.5, 0.6) is 0 Å². The van der Waals surface area contributed by atoms with Gasteiger partial charge in [-0.15, -0.1) is 3.71 Å². The molecule has 0 aliphatic carbocycles. The molecule has 1 radical (unpaired) electrons. The normalized spacial score (nSPS) is 13.7. The van der Waals surface area contributed by atoms with E-state index in [2.05, 4.69) is 0 Å². The van der Waals surface area contributed by atoms with Gasteiger partial charge in [0.2, 0.25) is 0 Å². The molecule has 1 rings (SSSR count). The van der Waals surface area contributed by atoms with Gasteiger partial charge in [-0.3, -0.25) is 0 Å². The maximum absolute atomic E-state index is 12.6. The minimum atomic E-state index is -6.92. The van der Waals surface area contributed by atoms with Gasteiger partial charge in [-0.2, -0.15) is 43.2 Å². The Labute approximate surface area is 126 Å². The van der Waals surface area contributed by atoms with Crippen molar-refractivity contribution in [3.8, 4) is 0 Å². The van der Waals surface area contributed by atoms with Crippen LogP contribution >= 0.6 is 0 Å². The molecule has 129 valence electrons. The van der Waals surface area contributed by atoms with Crippen LogP contribution in [0.2, 0.25) is 0 Å². The van der Waals surface area contributed by atoms with Crippen LogP contribution in [0.25, 0.3) is 6.08 Å². The Morgan fingerprint density at radius 1 is 0.870 bits per heavy atom. The molecule has 0 N–H and O–H groups in total. The first kappa shape index (κ1) is 19.3. The lowest BCUT2D eigenvalue weighted by Crippen LogP contribution is -2.49. The fraction of sp³-hybridized carbons (Fsp3) is 0.200. The first-order valence-electron chi connectivity index (χ1n) is 5.25. The van der Waals surface area contributed by atoms with Crippen LogP contribution in [0.1, 0.15) is 5.56 Å². The highest BCUT2D eigenvalue weighted by atomic mass is 32.3. The highest BCUT2D eigenvalue weighted by molar-refractivity contribution is 8.11. The second-order valence-corrected chi connectivity index (χ2v) is 7.61. The third-order valence-electron chi connectivity index (χ3n) is 2.33. The molecule has 0 heterocycles. The molecule has 1 aromatic rings. The maximum Gasteiger partial charge on any atom is 0.517 e. The van der Waals surface area contributed by atoms with Gasteiger partial charge in [0.15, 0.2) is 0 Å². The van der Waals surface area contributed by atoms with Crippen LogP contribution in [0.4, 0.5) is 32.0 Å². The maximum atomic E-state index is 12.6. The number of sulfonamides is 2. The van der Waals surface area contributed by atoms with E-state index in [0.717, 1.165) is 18.2 Å². The van der Waals surface area contributed by atoms with E-state index >= 15 is 0 Å². The van der Waals surface area contributed by atoms with E-state index in [1.165, 1.54) is 0 Å². The number of para-hydroxylation sites is 1. The second kappa shape index (κ2) is 5.70. The van der Waals surface area contributed by atoms with Gasteiger partial charge in [-0.1, -0.05) is 30.9 Å². The van der Waals surface area contributed by atoms with Crippen LogP contribution in [-0.4, -0.2) is 27.9 Å². The van der Waals surface area contributed by atoms with Gasteiger partial charge in [0, 0.05) is 5.56 Å². The van der Waals surface area contributed by atoms with Gasteiger partial charge < -0.3 is 0 Å². The highest BCUT2D eigenvalue weighted by Crippen LogP contribution is 2.40. The summed E-state index contributed by atoms with van der Waals surface area (Å²) in [5.41, 5.74) is -14.7. The second-order valence-electron chi connectivity index (χ2n) is 3.82. The lowest BCUT2D eigenvalue weighted by atomic mass is 10.2. The Balaban J connectivity index is 3.90. The van der Waals surface area contributed by atoms with Crippen molar-refractivity contribution in [3.63, 3.8) is 0 Å². The lowest BCUT2D eigenvalue weighted by Gasteiger charge is -2.26. The molecule has 0 amide bonds. The third-order valence-corrected chi connectivity index (χ3v) is 5.95. The molecule has 0 unspecified atom stereocenters. The van der Waals surface area contributed by atoms with Gasteiger partial charge in [0.1, 0.15) is 0 Å². The van der Waals surface area contributed by atoms with Crippen molar-refractivity contribution < 1.29 is 43.2 Å². The molecule has 0 aliphatic heterocycles. The predicted molar refractivity (Wildman–Crippen MR) is 67.6 cm³/mol. The summed E-state index contributed by atoms with van der Waals surface area (Å²) in [6, 6.07) is 3.21. The minimum Gasteiger partial charge on any atom is -0.196 e. The Morgan fingerprint density at radius 3 is 1.61 bits per heavy atom. The molecular weight excluding hydrogens is 376 g/mol. The van der Waals surface area contributed by atoms with Crippen molar-refractivity contribution in [1.82, 2.24) is 0 Å². The molecule has 23 heavy (non-hydrogen) atoms. The van der Waals surface area contributed by atoms with Gasteiger partial charge in [0.25, 0.3) is 0 Å². The molecule has 0 saturated carbocycles. The summed E-state index contributed by atoms with van der Waals surface area (Å²) < 4.78 is 120. The van der Waals surface area contributed by atoms with Gasteiger partial charge in [0.05, 0.1) is 5.69 Å². The number of rotatable bonds is 4. The first-order valence-corrected chi connectivity index (χ1v) is 8.13. The molecule has 0 saturated heterocycles. The van der Waals surface area contributed by atoms with E-state index in [0.29, 0.717) is 12.1 Å². The van der Waals surface area contributed by atoms with E-state index in [9.17, 15) is 43.2 Å². The Bertz CT molecular complexity index is 766. The molecule has 0 fully saturated rings. The summed E-state index contributed by atoms with van der Waals surface area (Å²) in [4.78, 5) is 0. The molecule has 5 nitrogen and oxygen atoms in total. The van der Waals surface area contributed by atoms with Gasteiger partial charge >= 0.3 is 31.1 Å². The number of alkyl halides is 6. The number of hydrogen-bond acceptors (Lipinski definition) is 4. The topological polar surface area (TPSA) is 71.5 Å². The Morgan fingerprint density at radius 2 is 1.26 bits per heavy atom. The number of anilines is 1. The summed E-state index contributed by atoms with van der Waals surface area (Å²) in [6.07, 6.45) is 0.458. The number of benzene rings is 1. The van der Waals surface area contributed by atoms with Gasteiger partial charge in [-0.05, 0) is 6.07 Å². The summed E-state index contributed by atoms with van der Waals surface area (Å²) in [6.45, 7) is 4.99. The smallest absolute Gasteiger partial charge is 0.196 e.